The van der Waals surface area contributed by atoms with E-state index in [0.29, 0.717) is 0 Å². The Morgan fingerprint density at radius 3 is 2.58 bits per heavy atom. The lowest BCUT2D eigenvalue weighted by atomic mass is 10.1. The Bertz CT molecular complexity index is 340. The van der Waals surface area contributed by atoms with E-state index in [9.17, 15) is 0 Å². The number of nitrogens with zero attached hydrogens (tertiary/aromatic N) is 1. The van der Waals surface area contributed by atoms with Crippen molar-refractivity contribution >= 4 is 11.3 Å². The normalized spacial score (nSPS) is 12.2. The van der Waals surface area contributed by atoms with Crippen molar-refractivity contribution in [2.75, 3.05) is 0 Å². The molecule has 0 saturated heterocycles. The summed E-state index contributed by atoms with van der Waals surface area (Å²) in [5.41, 5.74) is 0. The molecule has 0 amide bonds. The summed E-state index contributed by atoms with van der Waals surface area (Å²) in [5, 5.41) is 14.5. The van der Waals surface area contributed by atoms with E-state index in [1.165, 1.54) is 49.8 Å². The van der Waals surface area contributed by atoms with Crippen molar-refractivity contribution in [2.24, 2.45) is 0 Å². The summed E-state index contributed by atoms with van der Waals surface area (Å²) in [7, 11) is 0. The van der Waals surface area contributed by atoms with Gasteiger partial charge in [-0.1, -0.05) is 57.9 Å². The quantitative estimate of drug-likeness (QED) is 0.586. The Morgan fingerprint density at radius 1 is 1.21 bits per heavy atom. The van der Waals surface area contributed by atoms with E-state index in [4.69, 9.17) is 5.26 Å². The lowest BCUT2D eigenvalue weighted by Crippen LogP contribution is -2.26. The van der Waals surface area contributed by atoms with Crippen LogP contribution in [-0.4, -0.2) is 6.04 Å². The fraction of sp³-hybridized carbons (Fsp3) is 0.688. The SMILES string of the molecule is CCCCCCCCCC(C#N)NCc1cccs1. The van der Waals surface area contributed by atoms with E-state index >= 15 is 0 Å². The molecule has 106 valence electrons. The van der Waals surface area contributed by atoms with Crippen LogP contribution in [0.15, 0.2) is 17.5 Å². The van der Waals surface area contributed by atoms with Gasteiger partial charge in [0.2, 0.25) is 0 Å². The van der Waals surface area contributed by atoms with Crippen LogP contribution in [0.2, 0.25) is 0 Å². The van der Waals surface area contributed by atoms with E-state index in [1.807, 2.05) is 0 Å². The molecule has 0 fully saturated rings. The van der Waals surface area contributed by atoms with Crippen molar-refractivity contribution < 1.29 is 0 Å². The standard InChI is InChI=1S/C16H26N2S/c1-2-3-4-5-6-7-8-10-15(13-17)18-14-16-11-9-12-19-16/h9,11-12,15,18H,2-8,10,14H2,1H3. The molecule has 1 heterocycles. The van der Waals surface area contributed by atoms with Gasteiger partial charge in [-0.05, 0) is 17.9 Å². The lowest BCUT2D eigenvalue weighted by Gasteiger charge is -2.10. The third-order valence-corrected chi connectivity index (χ3v) is 4.23. The molecule has 0 bridgehead atoms. The third-order valence-electron chi connectivity index (χ3n) is 3.35. The Balaban J connectivity index is 2.01. The second-order valence-electron chi connectivity index (χ2n) is 5.05. The highest BCUT2D eigenvalue weighted by molar-refractivity contribution is 7.09. The van der Waals surface area contributed by atoms with E-state index in [0.717, 1.165) is 13.0 Å². The molecule has 0 aromatic carbocycles. The van der Waals surface area contributed by atoms with Crippen LogP contribution in [0.3, 0.4) is 0 Å². The second-order valence-corrected chi connectivity index (χ2v) is 6.08. The Labute approximate surface area is 121 Å². The van der Waals surface area contributed by atoms with E-state index in [1.54, 1.807) is 11.3 Å². The topological polar surface area (TPSA) is 35.8 Å². The highest BCUT2D eigenvalue weighted by Gasteiger charge is 2.06. The van der Waals surface area contributed by atoms with Crippen LogP contribution in [0.1, 0.15) is 63.2 Å². The molecule has 1 N–H and O–H groups in total. The highest BCUT2D eigenvalue weighted by atomic mass is 32.1. The van der Waals surface area contributed by atoms with Crippen molar-refractivity contribution in [3.05, 3.63) is 22.4 Å². The molecule has 0 spiro atoms. The van der Waals surface area contributed by atoms with Gasteiger partial charge in [0.1, 0.15) is 0 Å². The summed E-state index contributed by atoms with van der Waals surface area (Å²) < 4.78 is 0. The molecule has 0 aliphatic heterocycles. The van der Waals surface area contributed by atoms with Crippen molar-refractivity contribution in [2.45, 2.75) is 70.9 Å². The van der Waals surface area contributed by atoms with Gasteiger partial charge in [-0.2, -0.15) is 5.26 Å². The van der Waals surface area contributed by atoms with Gasteiger partial charge in [-0.25, -0.2) is 0 Å². The lowest BCUT2D eigenvalue weighted by molar-refractivity contribution is 0.513. The van der Waals surface area contributed by atoms with E-state index in [-0.39, 0.29) is 6.04 Å². The molecular formula is C16H26N2S. The molecule has 2 nitrogen and oxygen atoms in total. The predicted molar refractivity (Wildman–Crippen MR) is 83.2 cm³/mol. The summed E-state index contributed by atoms with van der Waals surface area (Å²) >= 11 is 1.74. The van der Waals surface area contributed by atoms with Crippen molar-refractivity contribution in [3.63, 3.8) is 0 Å². The first-order chi connectivity index (χ1) is 9.36. The third kappa shape index (κ3) is 8.02. The maximum absolute atomic E-state index is 9.12. The van der Waals surface area contributed by atoms with Crippen molar-refractivity contribution in [3.8, 4) is 6.07 Å². The molecule has 1 atom stereocenters. The van der Waals surface area contributed by atoms with Crippen LogP contribution in [-0.2, 0) is 6.54 Å². The second kappa shape index (κ2) is 11.0. The van der Waals surface area contributed by atoms with Crippen LogP contribution < -0.4 is 5.32 Å². The monoisotopic (exact) mass is 278 g/mol. The summed E-state index contributed by atoms with van der Waals surface area (Å²) in [6, 6.07) is 6.55. The Kier molecular flexibility index (Phi) is 9.40. The van der Waals surface area contributed by atoms with E-state index in [2.05, 4.69) is 35.8 Å². The molecule has 3 heteroatoms. The zero-order valence-electron chi connectivity index (χ0n) is 12.0. The molecule has 1 aromatic heterocycles. The summed E-state index contributed by atoms with van der Waals surface area (Å²) in [5.74, 6) is 0. The molecular weight excluding hydrogens is 252 g/mol. The van der Waals surface area contributed by atoms with Gasteiger partial charge in [-0.15, -0.1) is 11.3 Å². The van der Waals surface area contributed by atoms with Crippen LogP contribution in [0.25, 0.3) is 0 Å². The number of thiophene rings is 1. The van der Waals surface area contributed by atoms with Gasteiger partial charge in [0.15, 0.2) is 0 Å². The zero-order chi connectivity index (χ0) is 13.8. The van der Waals surface area contributed by atoms with Crippen molar-refractivity contribution in [1.82, 2.24) is 5.32 Å². The maximum atomic E-state index is 9.12. The smallest absolute Gasteiger partial charge is 0.0955 e. The highest BCUT2D eigenvalue weighted by Crippen LogP contribution is 2.11. The number of hydrogen-bond donors (Lipinski definition) is 1. The first-order valence-electron chi connectivity index (χ1n) is 7.52. The molecule has 1 rings (SSSR count). The first-order valence-corrected chi connectivity index (χ1v) is 8.40. The van der Waals surface area contributed by atoms with Gasteiger partial charge in [0.05, 0.1) is 12.1 Å². The van der Waals surface area contributed by atoms with Crippen LogP contribution >= 0.6 is 11.3 Å². The molecule has 0 aliphatic rings. The molecule has 19 heavy (non-hydrogen) atoms. The average molecular weight is 278 g/mol. The van der Waals surface area contributed by atoms with Gasteiger partial charge in [0, 0.05) is 11.4 Å². The summed E-state index contributed by atoms with van der Waals surface area (Å²) in [4.78, 5) is 1.31. The van der Waals surface area contributed by atoms with Gasteiger partial charge >= 0.3 is 0 Å². The molecule has 1 aromatic rings. The van der Waals surface area contributed by atoms with Crippen molar-refractivity contribution in [1.29, 1.82) is 5.26 Å². The van der Waals surface area contributed by atoms with Crippen LogP contribution in [0.4, 0.5) is 0 Å². The Hall–Kier alpha value is -0.850. The van der Waals surface area contributed by atoms with E-state index < -0.39 is 0 Å². The molecule has 0 radical (unpaired) electrons. The number of unbranched alkanes of at least 4 members (excludes halogenated alkanes) is 6. The zero-order valence-corrected chi connectivity index (χ0v) is 12.8. The fourth-order valence-corrected chi connectivity index (χ4v) is 2.81. The average Bonchev–Trinajstić information content (AvgIpc) is 2.94. The number of rotatable bonds is 11. The minimum Gasteiger partial charge on any atom is -0.297 e. The van der Waals surface area contributed by atoms with Gasteiger partial charge in [0.25, 0.3) is 0 Å². The Morgan fingerprint density at radius 2 is 1.95 bits per heavy atom. The first kappa shape index (κ1) is 16.2. The number of nitriles is 1. The minimum atomic E-state index is 0.0118. The predicted octanol–water partition coefficient (Wildman–Crippen LogP) is 4.87. The largest absolute Gasteiger partial charge is 0.297 e. The summed E-state index contributed by atoms with van der Waals surface area (Å²) in [6.07, 6.45) is 10.1. The number of nitrogens with one attached hydrogen (secondary N) is 1. The minimum absolute atomic E-state index is 0.0118. The molecule has 0 aliphatic carbocycles. The molecule has 1 unspecified atom stereocenters. The van der Waals surface area contributed by atoms with Gasteiger partial charge < -0.3 is 0 Å². The maximum Gasteiger partial charge on any atom is 0.0955 e. The van der Waals surface area contributed by atoms with Gasteiger partial charge in [-0.3, -0.25) is 5.32 Å². The van der Waals surface area contributed by atoms with Crippen LogP contribution in [0.5, 0.6) is 0 Å². The fourth-order valence-electron chi connectivity index (χ4n) is 2.15. The summed E-state index contributed by atoms with van der Waals surface area (Å²) in [6.45, 7) is 3.07. The number of hydrogen-bond acceptors (Lipinski definition) is 3. The van der Waals surface area contributed by atoms with Crippen LogP contribution in [0, 0.1) is 11.3 Å². The molecule has 0 saturated carbocycles.